The van der Waals surface area contributed by atoms with Crippen LogP contribution in [0.4, 0.5) is 0 Å². The highest BCUT2D eigenvalue weighted by Gasteiger charge is 2.21. The van der Waals surface area contributed by atoms with E-state index in [4.69, 9.17) is 18.9 Å². The summed E-state index contributed by atoms with van der Waals surface area (Å²) in [5.41, 5.74) is 2.94. The molecule has 5 rings (SSSR count). The number of ether oxygens (including phenoxy) is 4. The number of carbonyl (C=O) groups excluding carboxylic acids is 1. The van der Waals surface area contributed by atoms with E-state index in [1.54, 1.807) is 0 Å². The third-order valence-electron chi connectivity index (χ3n) is 5.53. The zero-order valence-corrected chi connectivity index (χ0v) is 19.3. The van der Waals surface area contributed by atoms with Crippen LogP contribution in [0.1, 0.15) is 19.4 Å². The summed E-state index contributed by atoms with van der Waals surface area (Å²) < 4.78 is 24.2. The highest BCUT2D eigenvalue weighted by molar-refractivity contribution is 8.00. The fraction of sp³-hybridized carbons (Fsp3) is 0.333. The molecule has 1 atom stereocenters. The summed E-state index contributed by atoms with van der Waals surface area (Å²) in [4.78, 5) is 17.3. The first-order valence-corrected chi connectivity index (χ1v) is 11.8. The number of thioether (sulfide) groups is 1. The molecule has 9 heteroatoms. The zero-order valence-electron chi connectivity index (χ0n) is 18.5. The smallest absolute Gasteiger partial charge is 0.233 e. The minimum atomic E-state index is -0.306. The van der Waals surface area contributed by atoms with Crippen LogP contribution >= 0.6 is 11.8 Å². The highest BCUT2D eigenvalue weighted by Crippen LogP contribution is 2.36. The molecular formula is C24H25N3O5S. The van der Waals surface area contributed by atoms with Crippen LogP contribution < -0.4 is 24.3 Å². The van der Waals surface area contributed by atoms with Crippen molar-refractivity contribution in [2.24, 2.45) is 0 Å². The summed E-state index contributed by atoms with van der Waals surface area (Å²) in [7, 11) is 0. The first-order chi connectivity index (χ1) is 16.1. The lowest BCUT2D eigenvalue weighted by molar-refractivity contribution is -0.120. The predicted octanol–water partition coefficient (Wildman–Crippen LogP) is 3.87. The van der Waals surface area contributed by atoms with Crippen LogP contribution in [-0.2, 0) is 17.9 Å². The van der Waals surface area contributed by atoms with E-state index in [0.29, 0.717) is 25.5 Å². The van der Waals surface area contributed by atoms with Gasteiger partial charge >= 0.3 is 0 Å². The van der Waals surface area contributed by atoms with E-state index < -0.39 is 0 Å². The molecular weight excluding hydrogens is 442 g/mol. The third kappa shape index (κ3) is 4.45. The Labute approximate surface area is 196 Å². The predicted molar refractivity (Wildman–Crippen MR) is 124 cm³/mol. The summed E-state index contributed by atoms with van der Waals surface area (Å²) in [6.45, 7) is 6.45. The first-order valence-electron chi connectivity index (χ1n) is 10.9. The molecule has 0 saturated heterocycles. The third-order valence-corrected chi connectivity index (χ3v) is 6.63. The number of nitrogens with one attached hydrogen (secondary N) is 1. The standard InChI is InChI=1S/C24H25N3O5S/c1-3-27-18(17-5-7-19-22(11-17)30-9-8-29-19)13-26-24(27)33-15(2)23(28)25-12-16-4-6-20-21(10-16)32-14-31-20/h4-7,10-11,13,15H,3,8-9,12,14H2,1-2H3,(H,25,28)/t15-/m1/s1. The minimum Gasteiger partial charge on any atom is -0.486 e. The van der Waals surface area contributed by atoms with Crippen molar-refractivity contribution < 1.29 is 23.7 Å². The molecule has 0 bridgehead atoms. The van der Waals surface area contributed by atoms with Crippen molar-refractivity contribution in [2.45, 2.75) is 37.3 Å². The molecule has 2 aliphatic rings. The molecule has 172 valence electrons. The monoisotopic (exact) mass is 467 g/mol. The van der Waals surface area contributed by atoms with Crippen molar-refractivity contribution in [1.29, 1.82) is 0 Å². The van der Waals surface area contributed by atoms with Gasteiger partial charge in [0.25, 0.3) is 0 Å². The summed E-state index contributed by atoms with van der Waals surface area (Å²) in [5, 5.41) is 3.49. The summed E-state index contributed by atoms with van der Waals surface area (Å²) in [6.07, 6.45) is 1.84. The largest absolute Gasteiger partial charge is 0.486 e. The molecule has 0 saturated carbocycles. The van der Waals surface area contributed by atoms with Crippen molar-refractivity contribution in [1.82, 2.24) is 14.9 Å². The van der Waals surface area contributed by atoms with Crippen LogP contribution in [0.2, 0.25) is 0 Å². The number of imidazole rings is 1. The van der Waals surface area contributed by atoms with E-state index in [9.17, 15) is 4.79 Å². The van der Waals surface area contributed by atoms with Gasteiger partial charge in [0.2, 0.25) is 12.7 Å². The lowest BCUT2D eigenvalue weighted by Crippen LogP contribution is -2.30. The Hall–Kier alpha value is -3.33. The maximum absolute atomic E-state index is 12.7. The molecule has 0 radical (unpaired) electrons. The first kappa shape index (κ1) is 21.5. The van der Waals surface area contributed by atoms with Crippen molar-refractivity contribution in [3.05, 3.63) is 48.2 Å². The van der Waals surface area contributed by atoms with Gasteiger partial charge in [0.05, 0.1) is 17.1 Å². The number of rotatable bonds is 7. The normalized spacial score (nSPS) is 14.7. The van der Waals surface area contributed by atoms with Crippen LogP contribution in [0, 0.1) is 0 Å². The van der Waals surface area contributed by atoms with Gasteiger partial charge in [-0.05, 0) is 49.7 Å². The fourth-order valence-corrected chi connectivity index (χ4v) is 4.76. The average Bonchev–Trinajstić information content (AvgIpc) is 3.48. The van der Waals surface area contributed by atoms with Gasteiger partial charge in [-0.1, -0.05) is 17.8 Å². The van der Waals surface area contributed by atoms with Crippen LogP contribution in [0.5, 0.6) is 23.0 Å². The maximum atomic E-state index is 12.7. The van der Waals surface area contributed by atoms with E-state index in [1.807, 2.05) is 49.5 Å². The second kappa shape index (κ2) is 9.27. The lowest BCUT2D eigenvalue weighted by atomic mass is 10.1. The summed E-state index contributed by atoms with van der Waals surface area (Å²) >= 11 is 1.44. The quantitative estimate of drug-likeness (QED) is 0.528. The van der Waals surface area contributed by atoms with Gasteiger partial charge < -0.3 is 28.8 Å². The van der Waals surface area contributed by atoms with E-state index in [-0.39, 0.29) is 18.0 Å². The Morgan fingerprint density at radius 1 is 1.06 bits per heavy atom. The molecule has 33 heavy (non-hydrogen) atoms. The topological polar surface area (TPSA) is 83.8 Å². The van der Waals surface area contributed by atoms with Crippen LogP contribution in [0.15, 0.2) is 47.8 Å². The molecule has 1 N–H and O–H groups in total. The molecule has 1 aromatic heterocycles. The van der Waals surface area contributed by atoms with E-state index in [2.05, 4.69) is 21.8 Å². The van der Waals surface area contributed by atoms with Crippen LogP contribution in [0.3, 0.4) is 0 Å². The Balaban J connectivity index is 1.25. The molecule has 3 heterocycles. The Kier molecular flexibility index (Phi) is 6.04. The molecule has 0 aliphatic carbocycles. The van der Waals surface area contributed by atoms with Crippen LogP contribution in [0.25, 0.3) is 11.3 Å². The Morgan fingerprint density at radius 2 is 1.79 bits per heavy atom. The van der Waals surface area contributed by atoms with Crippen molar-refractivity contribution in [3.8, 4) is 34.3 Å². The van der Waals surface area contributed by atoms with Gasteiger partial charge in [-0.2, -0.15) is 0 Å². The Bertz CT molecular complexity index is 1180. The number of carbonyl (C=O) groups is 1. The highest BCUT2D eigenvalue weighted by atomic mass is 32.2. The maximum Gasteiger partial charge on any atom is 0.233 e. The summed E-state index contributed by atoms with van der Waals surface area (Å²) in [5.74, 6) is 2.89. The van der Waals surface area contributed by atoms with Crippen molar-refractivity contribution >= 4 is 17.7 Å². The number of amides is 1. The van der Waals surface area contributed by atoms with Crippen molar-refractivity contribution in [2.75, 3.05) is 20.0 Å². The van der Waals surface area contributed by atoms with E-state index >= 15 is 0 Å². The van der Waals surface area contributed by atoms with Gasteiger partial charge in [-0.15, -0.1) is 0 Å². The Morgan fingerprint density at radius 3 is 2.64 bits per heavy atom. The molecule has 2 aromatic carbocycles. The fourth-order valence-electron chi connectivity index (χ4n) is 3.79. The second-order valence-corrected chi connectivity index (χ2v) is 9.00. The molecule has 8 nitrogen and oxygen atoms in total. The summed E-state index contributed by atoms with van der Waals surface area (Å²) in [6, 6.07) is 11.6. The van der Waals surface area contributed by atoms with Crippen molar-refractivity contribution in [3.63, 3.8) is 0 Å². The van der Waals surface area contributed by atoms with Crippen LogP contribution in [-0.4, -0.2) is 40.7 Å². The molecule has 1 amide bonds. The number of aromatic nitrogens is 2. The zero-order chi connectivity index (χ0) is 22.8. The molecule has 0 spiro atoms. The molecule has 0 unspecified atom stereocenters. The van der Waals surface area contributed by atoms with Gasteiger partial charge in [0.15, 0.2) is 28.2 Å². The van der Waals surface area contributed by atoms with Gasteiger partial charge in [0, 0.05) is 18.7 Å². The number of hydrogen-bond acceptors (Lipinski definition) is 7. The second-order valence-electron chi connectivity index (χ2n) is 7.69. The SMILES string of the molecule is CCn1c(-c2ccc3c(c2)OCCO3)cnc1S[C@H](C)C(=O)NCc1ccc2c(c1)OCO2. The number of hydrogen-bond donors (Lipinski definition) is 1. The average molecular weight is 468 g/mol. The number of benzene rings is 2. The van der Waals surface area contributed by atoms with E-state index in [0.717, 1.165) is 45.8 Å². The number of nitrogens with zero attached hydrogens (tertiary/aromatic N) is 2. The van der Waals surface area contributed by atoms with Gasteiger partial charge in [-0.3, -0.25) is 4.79 Å². The van der Waals surface area contributed by atoms with Gasteiger partial charge in [0.1, 0.15) is 13.2 Å². The number of fused-ring (bicyclic) bond motifs is 2. The molecule has 2 aliphatic heterocycles. The van der Waals surface area contributed by atoms with Gasteiger partial charge in [-0.25, -0.2) is 4.98 Å². The molecule has 0 fully saturated rings. The molecule has 3 aromatic rings. The lowest BCUT2D eigenvalue weighted by Gasteiger charge is -2.19. The minimum absolute atomic E-state index is 0.0517. The van der Waals surface area contributed by atoms with E-state index in [1.165, 1.54) is 11.8 Å².